The molecule has 178 valence electrons. The van der Waals surface area contributed by atoms with E-state index in [0.717, 1.165) is 38.5 Å². The maximum Gasteiger partial charge on any atom is 1.00 e. The molecule has 0 aliphatic rings. The third-order valence-electron chi connectivity index (χ3n) is 5.80. The van der Waals surface area contributed by atoms with E-state index in [1.807, 2.05) is 0 Å². The van der Waals surface area contributed by atoms with Gasteiger partial charge >= 0.3 is 59.2 Å². The first-order valence-corrected chi connectivity index (χ1v) is 14.3. The van der Waals surface area contributed by atoms with Crippen molar-refractivity contribution in [2.75, 3.05) is 0 Å². The van der Waals surface area contributed by atoms with Gasteiger partial charge < -0.3 is 11.2 Å². The SMILES string of the molecule is CCCCCCCCCCCCCCCC(CCCCCCCC)OP(=O)(O)O.[H-].[K+]. The molecule has 0 bridgehead atoms. The monoisotopic (exact) mass is 474 g/mol. The molecule has 0 spiro atoms. The van der Waals surface area contributed by atoms with Gasteiger partial charge in [0.2, 0.25) is 0 Å². The first kappa shape index (κ1) is 33.9. The Morgan fingerprint density at radius 2 is 0.867 bits per heavy atom. The van der Waals surface area contributed by atoms with Crippen molar-refractivity contribution in [1.82, 2.24) is 0 Å². The molecular formula is C24H52KO4P. The van der Waals surface area contributed by atoms with Gasteiger partial charge in [0.25, 0.3) is 0 Å². The van der Waals surface area contributed by atoms with Crippen molar-refractivity contribution in [1.29, 1.82) is 0 Å². The second kappa shape index (κ2) is 25.4. The molecule has 4 nitrogen and oxygen atoms in total. The van der Waals surface area contributed by atoms with Crippen molar-refractivity contribution in [3.63, 3.8) is 0 Å². The van der Waals surface area contributed by atoms with Crippen LogP contribution in [0.1, 0.15) is 150 Å². The molecule has 6 heteroatoms. The van der Waals surface area contributed by atoms with E-state index in [9.17, 15) is 4.57 Å². The van der Waals surface area contributed by atoms with Gasteiger partial charge in [-0.1, -0.05) is 136 Å². The summed E-state index contributed by atoms with van der Waals surface area (Å²) < 4.78 is 16.3. The average molecular weight is 475 g/mol. The Labute approximate surface area is 232 Å². The average Bonchev–Trinajstić information content (AvgIpc) is 2.66. The summed E-state index contributed by atoms with van der Waals surface area (Å²) in [7, 11) is -4.37. The standard InChI is InChI=1S/C24H51O4P.K.H/c1-3-5-7-9-11-12-13-14-15-16-17-19-21-23-24(28-29(25,26)27)22-20-18-10-8-6-4-2;;/h24H,3-23H2,1-2H3,(H2,25,26,27);;/q;+1;-1. The van der Waals surface area contributed by atoms with Crippen LogP contribution in [0.5, 0.6) is 0 Å². The second-order valence-corrected chi connectivity index (χ2v) is 10.00. The van der Waals surface area contributed by atoms with E-state index in [-0.39, 0.29) is 58.9 Å². The van der Waals surface area contributed by atoms with E-state index in [1.165, 1.54) is 96.3 Å². The van der Waals surface area contributed by atoms with Crippen molar-refractivity contribution < 1.29 is 71.7 Å². The Bertz CT molecular complexity index is 383. The Morgan fingerprint density at radius 3 is 1.13 bits per heavy atom. The smallest absolute Gasteiger partial charge is 1.00 e. The van der Waals surface area contributed by atoms with Crippen LogP contribution in [-0.4, -0.2) is 15.9 Å². The van der Waals surface area contributed by atoms with Gasteiger partial charge in [-0.15, -0.1) is 0 Å². The molecule has 0 amide bonds. The molecular weight excluding hydrogens is 422 g/mol. The van der Waals surface area contributed by atoms with Crippen molar-refractivity contribution in [3.05, 3.63) is 0 Å². The quantitative estimate of drug-likeness (QED) is 0.111. The Morgan fingerprint density at radius 1 is 0.600 bits per heavy atom. The van der Waals surface area contributed by atoms with Gasteiger partial charge in [-0.3, -0.25) is 4.52 Å². The number of hydrogen-bond acceptors (Lipinski definition) is 2. The van der Waals surface area contributed by atoms with Gasteiger partial charge in [-0.05, 0) is 12.8 Å². The van der Waals surface area contributed by atoms with Crippen LogP contribution in [0.4, 0.5) is 0 Å². The van der Waals surface area contributed by atoms with Crippen LogP contribution in [0, 0.1) is 0 Å². The van der Waals surface area contributed by atoms with Crippen LogP contribution in [0.25, 0.3) is 0 Å². The molecule has 0 saturated heterocycles. The van der Waals surface area contributed by atoms with Gasteiger partial charge in [-0.25, -0.2) is 4.57 Å². The van der Waals surface area contributed by atoms with Gasteiger partial charge in [0, 0.05) is 0 Å². The minimum absolute atomic E-state index is 0. The molecule has 30 heavy (non-hydrogen) atoms. The van der Waals surface area contributed by atoms with Crippen molar-refractivity contribution >= 4 is 7.82 Å². The predicted molar refractivity (Wildman–Crippen MR) is 126 cm³/mol. The minimum Gasteiger partial charge on any atom is -1.00 e. The molecule has 0 aromatic heterocycles. The zero-order chi connectivity index (χ0) is 21.6. The summed E-state index contributed by atoms with van der Waals surface area (Å²) in [4.78, 5) is 18.3. The Kier molecular flexibility index (Phi) is 28.7. The van der Waals surface area contributed by atoms with Gasteiger partial charge in [0.15, 0.2) is 0 Å². The van der Waals surface area contributed by atoms with Crippen LogP contribution in [0.15, 0.2) is 0 Å². The van der Waals surface area contributed by atoms with Crippen LogP contribution in [0.2, 0.25) is 0 Å². The molecule has 0 rings (SSSR count). The fourth-order valence-electron chi connectivity index (χ4n) is 3.99. The first-order chi connectivity index (χ1) is 14.0. The van der Waals surface area contributed by atoms with Crippen molar-refractivity contribution in [2.45, 2.75) is 155 Å². The molecule has 0 aromatic rings. The van der Waals surface area contributed by atoms with E-state index in [1.54, 1.807) is 0 Å². The van der Waals surface area contributed by atoms with Crippen molar-refractivity contribution in [2.24, 2.45) is 0 Å². The zero-order valence-corrected chi connectivity index (χ0v) is 24.6. The molecule has 1 atom stereocenters. The van der Waals surface area contributed by atoms with E-state index >= 15 is 0 Å². The summed E-state index contributed by atoms with van der Waals surface area (Å²) in [6.07, 6.45) is 25.5. The molecule has 0 saturated carbocycles. The first-order valence-electron chi connectivity index (χ1n) is 12.7. The molecule has 1 unspecified atom stereocenters. The molecule has 0 fully saturated rings. The third kappa shape index (κ3) is 27.8. The topological polar surface area (TPSA) is 66.8 Å². The summed E-state index contributed by atoms with van der Waals surface area (Å²) in [5.74, 6) is 0. The Balaban J connectivity index is -0.00000392. The molecule has 0 radical (unpaired) electrons. The fraction of sp³-hybridized carbons (Fsp3) is 1.00. The summed E-state index contributed by atoms with van der Waals surface area (Å²) in [6.45, 7) is 4.47. The molecule has 0 aromatic carbocycles. The van der Waals surface area contributed by atoms with Gasteiger partial charge in [0.05, 0.1) is 6.10 Å². The molecule has 0 heterocycles. The summed E-state index contributed by atoms with van der Waals surface area (Å²) >= 11 is 0. The fourth-order valence-corrected chi connectivity index (χ4v) is 4.59. The van der Waals surface area contributed by atoms with E-state index in [0.29, 0.717) is 0 Å². The van der Waals surface area contributed by atoms with Gasteiger partial charge in [-0.2, -0.15) is 0 Å². The van der Waals surface area contributed by atoms with Crippen LogP contribution >= 0.6 is 7.82 Å². The summed E-state index contributed by atoms with van der Waals surface area (Å²) in [6, 6.07) is 0. The number of rotatable bonds is 23. The molecule has 0 aliphatic heterocycles. The van der Waals surface area contributed by atoms with E-state index in [2.05, 4.69) is 13.8 Å². The maximum absolute atomic E-state index is 11.2. The van der Waals surface area contributed by atoms with Crippen molar-refractivity contribution in [3.8, 4) is 0 Å². The predicted octanol–water partition coefficient (Wildman–Crippen LogP) is 5.81. The summed E-state index contributed by atoms with van der Waals surface area (Å²) in [5.41, 5.74) is 0. The normalized spacial score (nSPS) is 12.7. The van der Waals surface area contributed by atoms with Crippen LogP contribution in [-0.2, 0) is 9.09 Å². The number of phosphoric ester groups is 1. The third-order valence-corrected chi connectivity index (χ3v) is 6.37. The molecule has 0 aliphatic carbocycles. The van der Waals surface area contributed by atoms with Gasteiger partial charge in [0.1, 0.15) is 0 Å². The number of phosphoric acid groups is 1. The molecule has 2 N–H and O–H groups in total. The van der Waals surface area contributed by atoms with Crippen LogP contribution in [0.3, 0.4) is 0 Å². The maximum atomic E-state index is 11.2. The number of hydrogen-bond donors (Lipinski definition) is 2. The Hall–Kier alpha value is 1.75. The van der Waals surface area contributed by atoms with E-state index in [4.69, 9.17) is 14.3 Å². The minimum atomic E-state index is -4.37. The largest absolute Gasteiger partial charge is 1.00 e. The summed E-state index contributed by atoms with van der Waals surface area (Å²) in [5, 5.41) is 0. The van der Waals surface area contributed by atoms with Crippen LogP contribution < -0.4 is 51.4 Å². The number of unbranched alkanes of at least 4 members (excludes halogenated alkanes) is 17. The second-order valence-electron chi connectivity index (χ2n) is 8.81. The van der Waals surface area contributed by atoms with E-state index < -0.39 is 7.82 Å². The zero-order valence-electron chi connectivity index (χ0n) is 21.6.